The number of rotatable bonds is 2. The summed E-state index contributed by atoms with van der Waals surface area (Å²) in [5, 5.41) is 7.26. The first-order valence-corrected chi connectivity index (χ1v) is 7.61. The van der Waals surface area contributed by atoms with Crippen molar-refractivity contribution in [3.63, 3.8) is 0 Å². The first kappa shape index (κ1) is 13.6. The standard InChI is InChI=1S/C15H24N4O/c1-9-6-13(18-19(9)2)17-15(20)12-7-10-4-3-5-11(8-12)14(10)16/h6,10-12,14H,3-5,7-8,16H2,1-2H3,(H,17,18,20). The zero-order chi connectivity index (χ0) is 14.3. The van der Waals surface area contributed by atoms with Gasteiger partial charge in [0.2, 0.25) is 5.91 Å². The average Bonchev–Trinajstić information content (AvgIpc) is 2.67. The minimum atomic E-state index is 0.104. The molecule has 2 fully saturated rings. The predicted octanol–water partition coefficient (Wildman–Crippen LogP) is 1.82. The van der Waals surface area contributed by atoms with Gasteiger partial charge in [0.1, 0.15) is 0 Å². The molecule has 5 nitrogen and oxygen atoms in total. The van der Waals surface area contributed by atoms with Gasteiger partial charge in [0.05, 0.1) is 0 Å². The van der Waals surface area contributed by atoms with E-state index < -0.39 is 0 Å². The Morgan fingerprint density at radius 2 is 2.05 bits per heavy atom. The molecule has 0 saturated heterocycles. The number of fused-ring (bicyclic) bond motifs is 2. The third-order valence-corrected chi connectivity index (χ3v) is 5.15. The van der Waals surface area contributed by atoms with Crippen molar-refractivity contribution in [3.8, 4) is 0 Å². The number of anilines is 1. The second-order valence-electron chi connectivity index (χ2n) is 6.48. The lowest BCUT2D eigenvalue weighted by Gasteiger charge is -2.43. The second-order valence-corrected chi connectivity index (χ2v) is 6.48. The van der Waals surface area contributed by atoms with Crippen LogP contribution >= 0.6 is 0 Å². The highest BCUT2D eigenvalue weighted by atomic mass is 16.2. The van der Waals surface area contributed by atoms with Crippen LogP contribution in [0.3, 0.4) is 0 Å². The maximum atomic E-state index is 12.4. The van der Waals surface area contributed by atoms with Crippen LogP contribution in [0.5, 0.6) is 0 Å². The van der Waals surface area contributed by atoms with E-state index in [0.29, 0.717) is 23.7 Å². The Bertz CT molecular complexity index is 476. The molecule has 0 spiro atoms. The van der Waals surface area contributed by atoms with Crippen LogP contribution in [0.1, 0.15) is 37.8 Å². The predicted molar refractivity (Wildman–Crippen MR) is 78.1 cm³/mol. The van der Waals surface area contributed by atoms with Crippen LogP contribution < -0.4 is 11.1 Å². The van der Waals surface area contributed by atoms with Gasteiger partial charge >= 0.3 is 0 Å². The van der Waals surface area contributed by atoms with E-state index in [4.69, 9.17) is 5.73 Å². The third-order valence-electron chi connectivity index (χ3n) is 5.15. The van der Waals surface area contributed by atoms with Gasteiger partial charge < -0.3 is 11.1 Å². The number of nitrogens with one attached hydrogen (secondary N) is 1. The highest BCUT2D eigenvalue weighted by Crippen LogP contribution is 2.42. The molecule has 0 radical (unpaired) electrons. The number of hydrogen-bond donors (Lipinski definition) is 2. The number of hydrogen-bond acceptors (Lipinski definition) is 3. The molecule has 2 atom stereocenters. The largest absolute Gasteiger partial charge is 0.327 e. The van der Waals surface area contributed by atoms with E-state index in [2.05, 4.69) is 10.4 Å². The molecule has 1 amide bonds. The molecule has 1 heterocycles. The molecule has 5 heteroatoms. The van der Waals surface area contributed by atoms with Gasteiger partial charge in [0, 0.05) is 30.8 Å². The number of nitrogens with zero attached hydrogens (tertiary/aromatic N) is 2. The normalized spacial score (nSPS) is 33.0. The quantitative estimate of drug-likeness (QED) is 0.865. The van der Waals surface area contributed by atoms with Crippen molar-refractivity contribution >= 4 is 11.7 Å². The fourth-order valence-corrected chi connectivity index (χ4v) is 3.85. The van der Waals surface area contributed by atoms with Crippen LogP contribution in [0.4, 0.5) is 5.82 Å². The van der Waals surface area contributed by atoms with E-state index in [-0.39, 0.29) is 11.8 Å². The van der Waals surface area contributed by atoms with Crippen molar-refractivity contribution in [3.05, 3.63) is 11.8 Å². The van der Waals surface area contributed by atoms with E-state index >= 15 is 0 Å². The van der Waals surface area contributed by atoms with Gasteiger partial charge in [-0.05, 0) is 44.4 Å². The van der Waals surface area contributed by atoms with Gasteiger partial charge in [-0.2, -0.15) is 5.10 Å². The topological polar surface area (TPSA) is 72.9 Å². The lowest BCUT2D eigenvalue weighted by molar-refractivity contribution is -0.122. The number of carbonyl (C=O) groups is 1. The van der Waals surface area contributed by atoms with Crippen molar-refractivity contribution in [1.29, 1.82) is 0 Å². The maximum Gasteiger partial charge on any atom is 0.228 e. The lowest BCUT2D eigenvalue weighted by Crippen LogP contribution is -2.48. The Morgan fingerprint density at radius 3 is 2.60 bits per heavy atom. The van der Waals surface area contributed by atoms with Gasteiger partial charge in [-0.15, -0.1) is 0 Å². The maximum absolute atomic E-state index is 12.4. The molecule has 2 aliphatic rings. The molecule has 2 aliphatic carbocycles. The molecule has 0 aliphatic heterocycles. The minimum absolute atomic E-state index is 0.104. The molecule has 2 saturated carbocycles. The highest BCUT2D eigenvalue weighted by molar-refractivity contribution is 5.91. The zero-order valence-corrected chi connectivity index (χ0v) is 12.3. The summed E-state index contributed by atoms with van der Waals surface area (Å²) in [6.45, 7) is 1.98. The number of nitrogens with two attached hydrogens (primary N) is 1. The SMILES string of the molecule is Cc1cc(NC(=O)C2CC3CCCC(C2)C3N)nn1C. The number of carbonyl (C=O) groups excluding carboxylic acids is 1. The molecule has 20 heavy (non-hydrogen) atoms. The second kappa shape index (κ2) is 5.20. The van der Waals surface area contributed by atoms with Gasteiger partial charge in [-0.25, -0.2) is 0 Å². The molecule has 3 rings (SSSR count). The van der Waals surface area contributed by atoms with E-state index in [1.165, 1.54) is 19.3 Å². The molecule has 0 aromatic carbocycles. The summed E-state index contributed by atoms with van der Waals surface area (Å²) < 4.78 is 1.78. The van der Waals surface area contributed by atoms with Gasteiger partial charge in [-0.3, -0.25) is 9.48 Å². The van der Waals surface area contributed by atoms with Crippen LogP contribution in [-0.2, 0) is 11.8 Å². The fourth-order valence-electron chi connectivity index (χ4n) is 3.85. The van der Waals surface area contributed by atoms with Crippen molar-refractivity contribution in [2.24, 2.45) is 30.5 Å². The van der Waals surface area contributed by atoms with Crippen LogP contribution in [-0.4, -0.2) is 21.7 Å². The average molecular weight is 276 g/mol. The van der Waals surface area contributed by atoms with Crippen molar-refractivity contribution in [1.82, 2.24) is 9.78 Å². The Balaban J connectivity index is 1.66. The van der Waals surface area contributed by atoms with E-state index in [1.807, 2.05) is 20.0 Å². The summed E-state index contributed by atoms with van der Waals surface area (Å²) in [5.74, 6) is 1.95. The molecule has 110 valence electrons. The first-order valence-electron chi connectivity index (χ1n) is 7.61. The number of aromatic nitrogens is 2. The lowest BCUT2D eigenvalue weighted by atomic mass is 9.65. The van der Waals surface area contributed by atoms with E-state index in [0.717, 1.165) is 18.5 Å². The van der Waals surface area contributed by atoms with Crippen LogP contribution in [0, 0.1) is 24.7 Å². The molecule has 2 bridgehead atoms. The van der Waals surface area contributed by atoms with Gasteiger partial charge in [0.15, 0.2) is 5.82 Å². The Kier molecular flexibility index (Phi) is 3.54. The Labute approximate surface area is 119 Å². The van der Waals surface area contributed by atoms with Gasteiger partial charge in [-0.1, -0.05) is 6.42 Å². The molecular weight excluding hydrogens is 252 g/mol. The molecule has 2 unspecified atom stereocenters. The van der Waals surface area contributed by atoms with Crippen LogP contribution in [0.25, 0.3) is 0 Å². The highest BCUT2D eigenvalue weighted by Gasteiger charge is 2.40. The summed E-state index contributed by atoms with van der Waals surface area (Å²) in [6.07, 6.45) is 5.52. The Morgan fingerprint density at radius 1 is 1.40 bits per heavy atom. The van der Waals surface area contributed by atoms with E-state index in [1.54, 1.807) is 4.68 Å². The minimum Gasteiger partial charge on any atom is -0.327 e. The molecule has 1 aromatic heterocycles. The summed E-state index contributed by atoms with van der Waals surface area (Å²) in [6, 6.07) is 2.22. The van der Waals surface area contributed by atoms with Crippen molar-refractivity contribution in [2.75, 3.05) is 5.32 Å². The molecular formula is C15H24N4O. The van der Waals surface area contributed by atoms with Crippen molar-refractivity contribution in [2.45, 2.75) is 45.1 Å². The third kappa shape index (κ3) is 2.46. The summed E-state index contributed by atoms with van der Waals surface area (Å²) in [7, 11) is 1.88. The zero-order valence-electron chi connectivity index (χ0n) is 12.3. The van der Waals surface area contributed by atoms with Gasteiger partial charge in [0.25, 0.3) is 0 Å². The monoisotopic (exact) mass is 276 g/mol. The summed E-state index contributed by atoms with van der Waals surface area (Å²) in [4.78, 5) is 12.4. The van der Waals surface area contributed by atoms with Crippen molar-refractivity contribution < 1.29 is 4.79 Å². The van der Waals surface area contributed by atoms with Crippen LogP contribution in [0.2, 0.25) is 0 Å². The Hall–Kier alpha value is -1.36. The fraction of sp³-hybridized carbons (Fsp3) is 0.733. The molecule has 1 aromatic rings. The smallest absolute Gasteiger partial charge is 0.228 e. The van der Waals surface area contributed by atoms with Crippen LogP contribution in [0.15, 0.2) is 6.07 Å². The number of aryl methyl sites for hydroxylation is 2. The van der Waals surface area contributed by atoms with E-state index in [9.17, 15) is 4.79 Å². The summed E-state index contributed by atoms with van der Waals surface area (Å²) >= 11 is 0. The first-order chi connectivity index (χ1) is 9.54. The molecule has 3 N–H and O–H groups in total. The number of amides is 1. The summed E-state index contributed by atoms with van der Waals surface area (Å²) in [5.41, 5.74) is 7.32.